The minimum absolute atomic E-state index is 0.0461. The van der Waals surface area contributed by atoms with Crippen molar-refractivity contribution in [3.05, 3.63) is 53.6 Å². The molecule has 2 aliphatic heterocycles. The number of carbonyl (C=O) groups is 1. The number of hydrogen-bond acceptors (Lipinski definition) is 4. The topological polar surface area (TPSA) is 66.9 Å². The van der Waals surface area contributed by atoms with Crippen LogP contribution in [-0.2, 0) is 27.7 Å². The molecule has 2 aliphatic rings. The fraction of sp³-hybridized carbons (Fsp3) is 0.435. The molecule has 4 rings (SSSR count). The highest BCUT2D eigenvalue weighted by molar-refractivity contribution is 7.89. The number of nitrogens with zero attached hydrogens (tertiary/aromatic N) is 2. The number of carbonyl (C=O) groups excluding carboxylic acids is 1. The third-order valence-electron chi connectivity index (χ3n) is 6.01. The van der Waals surface area contributed by atoms with Crippen molar-refractivity contribution in [2.45, 2.75) is 38.0 Å². The highest BCUT2D eigenvalue weighted by atomic mass is 32.2. The summed E-state index contributed by atoms with van der Waals surface area (Å²) in [6.45, 7) is 5.56. The van der Waals surface area contributed by atoms with Crippen LogP contribution in [0.1, 0.15) is 31.4 Å². The van der Waals surface area contributed by atoms with Crippen LogP contribution in [0, 0.1) is 5.92 Å². The molecule has 1 amide bonds. The second-order valence-corrected chi connectivity index (χ2v) is 9.73. The molecular formula is C23H28N2O4S. The van der Waals surface area contributed by atoms with Crippen LogP contribution in [0.25, 0.3) is 0 Å². The first-order valence-corrected chi connectivity index (χ1v) is 12.0. The van der Waals surface area contributed by atoms with Crippen LogP contribution in [0.2, 0.25) is 0 Å². The standard InChI is InChI=1S/C23H28N2O4S/c1-3-24(4-2)30(27,28)20-11-12-21-17(15-20)9-7-13-25(21)23(26)19-14-18-8-5-6-10-22(18)29-16-19/h5-6,8,10-12,15,19H,3-4,7,9,13-14,16H2,1-2H3. The van der Waals surface area contributed by atoms with Crippen LogP contribution >= 0.6 is 0 Å². The fourth-order valence-electron chi connectivity index (χ4n) is 4.38. The minimum Gasteiger partial charge on any atom is -0.492 e. The van der Waals surface area contributed by atoms with Crippen LogP contribution in [0.4, 0.5) is 5.69 Å². The monoisotopic (exact) mass is 428 g/mol. The quantitative estimate of drug-likeness (QED) is 0.733. The largest absolute Gasteiger partial charge is 0.492 e. The van der Waals surface area contributed by atoms with Crippen LogP contribution in [-0.4, -0.2) is 44.9 Å². The van der Waals surface area contributed by atoms with Gasteiger partial charge in [-0.2, -0.15) is 4.31 Å². The molecule has 1 atom stereocenters. The van der Waals surface area contributed by atoms with Gasteiger partial charge in [-0.15, -0.1) is 0 Å². The SMILES string of the molecule is CCN(CC)S(=O)(=O)c1ccc2c(c1)CCCN2C(=O)C1COc2ccccc2C1. The average Bonchev–Trinajstić information content (AvgIpc) is 2.78. The number of fused-ring (bicyclic) bond motifs is 2. The lowest BCUT2D eigenvalue weighted by atomic mass is 9.93. The number of hydrogen-bond donors (Lipinski definition) is 0. The van der Waals surface area contributed by atoms with Gasteiger partial charge in [0, 0.05) is 25.3 Å². The van der Waals surface area contributed by atoms with E-state index in [9.17, 15) is 13.2 Å². The van der Waals surface area contributed by atoms with Gasteiger partial charge in [0.15, 0.2) is 0 Å². The zero-order valence-electron chi connectivity index (χ0n) is 17.5. The Kier molecular flexibility index (Phi) is 5.84. The summed E-state index contributed by atoms with van der Waals surface area (Å²) in [5.41, 5.74) is 2.79. The van der Waals surface area contributed by atoms with Gasteiger partial charge in [0.1, 0.15) is 12.4 Å². The Labute approximate surface area is 178 Å². The highest BCUT2D eigenvalue weighted by Gasteiger charge is 2.33. The summed E-state index contributed by atoms with van der Waals surface area (Å²) in [5, 5.41) is 0. The number of ether oxygens (including phenoxy) is 1. The number of aryl methyl sites for hydroxylation is 1. The van der Waals surface area contributed by atoms with E-state index >= 15 is 0 Å². The molecule has 1 unspecified atom stereocenters. The number of benzene rings is 2. The molecule has 7 heteroatoms. The van der Waals surface area contributed by atoms with Crippen molar-refractivity contribution in [1.29, 1.82) is 0 Å². The molecule has 0 radical (unpaired) electrons. The van der Waals surface area contributed by atoms with Crippen molar-refractivity contribution in [1.82, 2.24) is 4.31 Å². The Hall–Kier alpha value is -2.38. The first kappa shape index (κ1) is 20.9. The Morgan fingerprint density at radius 3 is 2.67 bits per heavy atom. The summed E-state index contributed by atoms with van der Waals surface area (Å²) < 4.78 is 33.1. The van der Waals surface area contributed by atoms with Crippen LogP contribution in [0.15, 0.2) is 47.4 Å². The summed E-state index contributed by atoms with van der Waals surface area (Å²) in [5.74, 6) is 0.668. The normalized spacial score (nSPS) is 18.5. The molecule has 0 N–H and O–H groups in total. The predicted molar refractivity (Wildman–Crippen MR) is 116 cm³/mol. The number of para-hydroxylation sites is 1. The number of anilines is 1. The molecule has 6 nitrogen and oxygen atoms in total. The lowest BCUT2D eigenvalue weighted by Crippen LogP contribution is -2.43. The predicted octanol–water partition coefficient (Wildman–Crippen LogP) is 3.25. The van der Waals surface area contributed by atoms with Crippen molar-refractivity contribution in [2.24, 2.45) is 5.92 Å². The summed E-state index contributed by atoms with van der Waals surface area (Å²) in [6, 6.07) is 13.0. The van der Waals surface area contributed by atoms with Crippen LogP contribution in [0.5, 0.6) is 5.75 Å². The van der Waals surface area contributed by atoms with Crippen molar-refractivity contribution in [2.75, 3.05) is 31.1 Å². The van der Waals surface area contributed by atoms with E-state index in [1.807, 2.05) is 43.0 Å². The Morgan fingerprint density at radius 1 is 1.13 bits per heavy atom. The van der Waals surface area contributed by atoms with Gasteiger partial charge in [0.05, 0.1) is 10.8 Å². The van der Waals surface area contributed by atoms with Crippen molar-refractivity contribution in [3.8, 4) is 5.75 Å². The van der Waals surface area contributed by atoms with Gasteiger partial charge >= 0.3 is 0 Å². The van der Waals surface area contributed by atoms with E-state index in [2.05, 4.69) is 0 Å². The number of rotatable bonds is 5. The third-order valence-corrected chi connectivity index (χ3v) is 8.05. The highest BCUT2D eigenvalue weighted by Crippen LogP contribution is 2.34. The van der Waals surface area contributed by atoms with E-state index in [4.69, 9.17) is 4.74 Å². The van der Waals surface area contributed by atoms with Gasteiger partial charge in [-0.1, -0.05) is 32.0 Å². The summed E-state index contributed by atoms with van der Waals surface area (Å²) >= 11 is 0. The second kappa shape index (κ2) is 8.40. The van der Waals surface area contributed by atoms with Gasteiger partial charge in [-0.05, 0) is 54.7 Å². The maximum absolute atomic E-state index is 13.3. The fourth-order valence-corrected chi connectivity index (χ4v) is 5.89. The Morgan fingerprint density at radius 2 is 1.90 bits per heavy atom. The minimum atomic E-state index is -3.52. The smallest absolute Gasteiger partial charge is 0.243 e. The molecule has 0 bridgehead atoms. The lowest BCUT2D eigenvalue weighted by molar-refractivity contribution is -0.123. The van der Waals surface area contributed by atoms with Crippen LogP contribution < -0.4 is 9.64 Å². The van der Waals surface area contributed by atoms with Gasteiger partial charge in [0.2, 0.25) is 15.9 Å². The molecule has 0 saturated heterocycles. The van der Waals surface area contributed by atoms with E-state index in [0.717, 1.165) is 35.4 Å². The molecular weight excluding hydrogens is 400 g/mol. The molecule has 0 aliphatic carbocycles. The van der Waals surface area contributed by atoms with E-state index in [0.29, 0.717) is 37.6 Å². The molecule has 160 valence electrons. The molecule has 0 saturated carbocycles. The molecule has 0 fully saturated rings. The first-order chi connectivity index (χ1) is 14.5. The third kappa shape index (κ3) is 3.72. The van der Waals surface area contributed by atoms with E-state index in [1.54, 1.807) is 18.2 Å². The molecule has 0 spiro atoms. The van der Waals surface area contributed by atoms with E-state index < -0.39 is 10.0 Å². The Balaban J connectivity index is 1.59. The zero-order valence-corrected chi connectivity index (χ0v) is 18.3. The van der Waals surface area contributed by atoms with Gasteiger partial charge in [-0.3, -0.25) is 4.79 Å². The second-order valence-electron chi connectivity index (χ2n) is 7.79. The number of amides is 1. The molecule has 2 aromatic carbocycles. The summed E-state index contributed by atoms with van der Waals surface area (Å²) in [6.07, 6.45) is 2.25. The molecule has 0 aromatic heterocycles. The number of sulfonamides is 1. The van der Waals surface area contributed by atoms with Crippen molar-refractivity contribution >= 4 is 21.6 Å². The zero-order chi connectivity index (χ0) is 21.3. The van der Waals surface area contributed by atoms with E-state index in [1.165, 1.54) is 4.31 Å². The maximum Gasteiger partial charge on any atom is 0.243 e. The van der Waals surface area contributed by atoms with Crippen molar-refractivity contribution in [3.63, 3.8) is 0 Å². The first-order valence-electron chi connectivity index (χ1n) is 10.6. The lowest BCUT2D eigenvalue weighted by Gasteiger charge is -2.34. The van der Waals surface area contributed by atoms with Crippen molar-refractivity contribution < 1.29 is 17.9 Å². The van der Waals surface area contributed by atoms with Gasteiger partial charge < -0.3 is 9.64 Å². The Bertz CT molecular complexity index is 1050. The molecule has 2 heterocycles. The van der Waals surface area contributed by atoms with Crippen LogP contribution in [0.3, 0.4) is 0 Å². The summed E-state index contributed by atoms with van der Waals surface area (Å²) in [7, 11) is -3.52. The average molecular weight is 429 g/mol. The van der Waals surface area contributed by atoms with E-state index in [-0.39, 0.29) is 11.8 Å². The molecule has 30 heavy (non-hydrogen) atoms. The maximum atomic E-state index is 13.3. The summed E-state index contributed by atoms with van der Waals surface area (Å²) in [4.78, 5) is 15.4. The molecule has 2 aromatic rings. The van der Waals surface area contributed by atoms with Gasteiger partial charge in [0.25, 0.3) is 0 Å². The van der Waals surface area contributed by atoms with Gasteiger partial charge in [-0.25, -0.2) is 8.42 Å².